The van der Waals surface area contributed by atoms with Crippen molar-refractivity contribution in [1.82, 2.24) is 0 Å². The van der Waals surface area contributed by atoms with Crippen LogP contribution in [0.2, 0.25) is 5.02 Å². The maximum Gasteiger partial charge on any atom is 0.379 e. The van der Waals surface area contributed by atoms with Crippen LogP contribution in [0.4, 0.5) is 0 Å². The van der Waals surface area contributed by atoms with Crippen LogP contribution in [0.1, 0.15) is 26.5 Å². The Labute approximate surface area is 153 Å². The highest BCUT2D eigenvalue weighted by Crippen LogP contribution is 2.35. The summed E-state index contributed by atoms with van der Waals surface area (Å²) in [5, 5.41) is 0.608. The maximum absolute atomic E-state index is 12.4. The first-order valence-electron chi connectivity index (χ1n) is 7.70. The molecule has 0 amide bonds. The highest BCUT2D eigenvalue weighted by molar-refractivity contribution is 6.30. The molecule has 0 spiro atoms. The van der Waals surface area contributed by atoms with Gasteiger partial charge in [-0.3, -0.25) is 4.79 Å². The predicted molar refractivity (Wildman–Crippen MR) is 94.5 cm³/mol. The van der Waals surface area contributed by atoms with E-state index in [1.807, 2.05) is 0 Å². The number of hydrogen-bond acceptors (Lipinski definition) is 5. The molecule has 2 heterocycles. The van der Waals surface area contributed by atoms with Crippen molar-refractivity contribution in [1.29, 1.82) is 0 Å². The van der Waals surface area contributed by atoms with E-state index >= 15 is 0 Å². The second kappa shape index (κ2) is 6.54. The van der Waals surface area contributed by atoms with E-state index < -0.39 is 5.97 Å². The number of fused-ring (bicyclic) bond motifs is 1. The molecular weight excluding hydrogens is 356 g/mol. The van der Waals surface area contributed by atoms with E-state index in [9.17, 15) is 9.59 Å². The van der Waals surface area contributed by atoms with Crippen LogP contribution < -0.4 is 9.47 Å². The largest absolute Gasteiger partial charge is 0.457 e. The number of benzene rings is 2. The van der Waals surface area contributed by atoms with Gasteiger partial charge < -0.3 is 13.9 Å². The number of halogens is 1. The number of allylic oxidation sites excluding steroid dienone is 1. The SMILES string of the molecule is O=C(Oc1ccc2c(c1)O/C(=C\c1ccc(Cl)cc1)C2=O)c1ccco1. The van der Waals surface area contributed by atoms with E-state index in [-0.39, 0.29) is 23.1 Å². The molecule has 2 aromatic carbocycles. The summed E-state index contributed by atoms with van der Waals surface area (Å²) < 4.78 is 15.8. The molecule has 0 unspecified atom stereocenters. The normalized spacial score (nSPS) is 14.2. The lowest BCUT2D eigenvalue weighted by Gasteiger charge is -2.04. The third-order valence-corrected chi connectivity index (χ3v) is 3.99. The minimum absolute atomic E-state index is 0.0887. The Bertz CT molecular complexity index is 1020. The Balaban J connectivity index is 1.56. The number of ketones is 1. The van der Waals surface area contributed by atoms with Crippen molar-refractivity contribution in [3.8, 4) is 11.5 Å². The minimum Gasteiger partial charge on any atom is -0.457 e. The minimum atomic E-state index is -0.629. The van der Waals surface area contributed by atoms with Gasteiger partial charge in [-0.25, -0.2) is 4.79 Å². The van der Waals surface area contributed by atoms with E-state index in [2.05, 4.69) is 0 Å². The summed E-state index contributed by atoms with van der Waals surface area (Å²) in [4.78, 5) is 24.4. The number of rotatable bonds is 3. The van der Waals surface area contributed by atoms with Crippen LogP contribution in [0.15, 0.2) is 71.0 Å². The van der Waals surface area contributed by atoms with Gasteiger partial charge in [-0.05, 0) is 48.0 Å². The number of ether oxygens (including phenoxy) is 2. The zero-order valence-corrected chi connectivity index (χ0v) is 14.0. The van der Waals surface area contributed by atoms with Crippen molar-refractivity contribution >= 4 is 29.4 Å². The highest BCUT2D eigenvalue weighted by Gasteiger charge is 2.28. The van der Waals surface area contributed by atoms with E-state index in [1.54, 1.807) is 42.5 Å². The van der Waals surface area contributed by atoms with Gasteiger partial charge in [-0.2, -0.15) is 0 Å². The third kappa shape index (κ3) is 3.12. The molecule has 0 aliphatic carbocycles. The summed E-state index contributed by atoms with van der Waals surface area (Å²) in [7, 11) is 0. The van der Waals surface area contributed by atoms with Gasteiger partial charge in [0.25, 0.3) is 0 Å². The Hall–Kier alpha value is -3.31. The van der Waals surface area contributed by atoms with Crippen LogP contribution in [0.25, 0.3) is 6.08 Å². The molecule has 4 rings (SSSR count). The highest BCUT2D eigenvalue weighted by atomic mass is 35.5. The molecule has 0 N–H and O–H groups in total. The lowest BCUT2D eigenvalue weighted by atomic mass is 10.1. The van der Waals surface area contributed by atoms with Gasteiger partial charge in [0.15, 0.2) is 5.76 Å². The van der Waals surface area contributed by atoms with Crippen LogP contribution >= 0.6 is 11.6 Å². The second-order valence-corrected chi connectivity index (χ2v) is 5.95. The number of carbonyl (C=O) groups excluding carboxylic acids is 2. The number of Topliss-reactive ketones (excluding diaryl/α,β-unsaturated/α-hetero) is 1. The summed E-state index contributed by atoms with van der Waals surface area (Å²) >= 11 is 5.86. The fourth-order valence-electron chi connectivity index (χ4n) is 2.49. The van der Waals surface area contributed by atoms with Gasteiger partial charge in [0.05, 0.1) is 11.8 Å². The Morgan fingerprint density at radius 2 is 1.88 bits per heavy atom. The summed E-state index contributed by atoms with van der Waals surface area (Å²) in [5.74, 6) is 0.00312. The molecule has 1 aliphatic rings. The lowest BCUT2D eigenvalue weighted by Crippen LogP contribution is -2.07. The quantitative estimate of drug-likeness (QED) is 0.379. The number of hydrogen-bond donors (Lipinski definition) is 0. The lowest BCUT2D eigenvalue weighted by molar-refractivity contribution is 0.0701. The first-order valence-corrected chi connectivity index (χ1v) is 8.07. The molecule has 6 heteroatoms. The molecule has 0 bridgehead atoms. The number of carbonyl (C=O) groups is 2. The fraction of sp³-hybridized carbons (Fsp3) is 0. The van der Waals surface area contributed by atoms with Crippen molar-refractivity contribution < 1.29 is 23.5 Å². The van der Waals surface area contributed by atoms with Crippen LogP contribution in [0, 0.1) is 0 Å². The predicted octanol–water partition coefficient (Wildman–Crippen LogP) is 4.77. The fourth-order valence-corrected chi connectivity index (χ4v) is 2.62. The summed E-state index contributed by atoms with van der Waals surface area (Å²) in [5.41, 5.74) is 1.19. The van der Waals surface area contributed by atoms with Crippen molar-refractivity contribution in [2.75, 3.05) is 0 Å². The second-order valence-electron chi connectivity index (χ2n) is 5.52. The van der Waals surface area contributed by atoms with Gasteiger partial charge >= 0.3 is 5.97 Å². The zero-order chi connectivity index (χ0) is 18.1. The van der Waals surface area contributed by atoms with Crippen molar-refractivity contribution in [3.63, 3.8) is 0 Å². The molecule has 128 valence electrons. The summed E-state index contributed by atoms with van der Waals surface area (Å²) in [6.45, 7) is 0. The number of esters is 1. The Kier molecular flexibility index (Phi) is 4.07. The molecule has 0 saturated carbocycles. The van der Waals surface area contributed by atoms with Gasteiger partial charge in [0, 0.05) is 11.1 Å². The topological polar surface area (TPSA) is 65.7 Å². The molecule has 0 radical (unpaired) electrons. The molecule has 1 aromatic heterocycles. The van der Waals surface area contributed by atoms with Crippen molar-refractivity contribution in [3.05, 3.63) is 88.5 Å². The standard InChI is InChI=1S/C20H11ClO5/c21-13-5-3-12(4-6-13)10-18-19(22)15-8-7-14(11-17(15)26-18)25-20(23)16-2-1-9-24-16/h1-11H/b18-10-. The zero-order valence-electron chi connectivity index (χ0n) is 13.3. The van der Waals surface area contributed by atoms with E-state index in [0.29, 0.717) is 16.3 Å². The van der Waals surface area contributed by atoms with Crippen LogP contribution in [-0.4, -0.2) is 11.8 Å². The molecule has 0 fully saturated rings. The molecule has 0 atom stereocenters. The molecule has 3 aromatic rings. The molecule has 1 aliphatic heterocycles. The first kappa shape index (κ1) is 16.2. The Morgan fingerprint density at radius 3 is 2.62 bits per heavy atom. The maximum atomic E-state index is 12.4. The average molecular weight is 367 g/mol. The smallest absolute Gasteiger partial charge is 0.379 e. The summed E-state index contributed by atoms with van der Waals surface area (Å²) in [6, 6.07) is 14.7. The molecule has 5 nitrogen and oxygen atoms in total. The van der Waals surface area contributed by atoms with E-state index in [4.69, 9.17) is 25.5 Å². The van der Waals surface area contributed by atoms with Crippen LogP contribution in [0.3, 0.4) is 0 Å². The van der Waals surface area contributed by atoms with Gasteiger partial charge in [0.2, 0.25) is 11.5 Å². The van der Waals surface area contributed by atoms with Gasteiger partial charge in [-0.15, -0.1) is 0 Å². The molecule has 0 saturated heterocycles. The van der Waals surface area contributed by atoms with Gasteiger partial charge in [-0.1, -0.05) is 23.7 Å². The summed E-state index contributed by atoms with van der Waals surface area (Å²) in [6.07, 6.45) is 3.02. The average Bonchev–Trinajstić information content (AvgIpc) is 3.26. The van der Waals surface area contributed by atoms with Gasteiger partial charge in [0.1, 0.15) is 11.5 Å². The first-order chi connectivity index (χ1) is 12.6. The number of furan rings is 1. The van der Waals surface area contributed by atoms with E-state index in [0.717, 1.165) is 5.56 Å². The van der Waals surface area contributed by atoms with E-state index in [1.165, 1.54) is 24.5 Å². The third-order valence-electron chi connectivity index (χ3n) is 3.74. The van der Waals surface area contributed by atoms with Crippen LogP contribution in [-0.2, 0) is 0 Å². The van der Waals surface area contributed by atoms with Crippen molar-refractivity contribution in [2.24, 2.45) is 0 Å². The monoisotopic (exact) mass is 366 g/mol. The van der Waals surface area contributed by atoms with Crippen molar-refractivity contribution in [2.45, 2.75) is 0 Å². The Morgan fingerprint density at radius 1 is 1.08 bits per heavy atom. The van der Waals surface area contributed by atoms with Crippen LogP contribution in [0.5, 0.6) is 11.5 Å². The molecule has 26 heavy (non-hydrogen) atoms. The molecular formula is C20H11ClO5.